The molecular formula is C18H24N4. The van der Waals surface area contributed by atoms with Crippen LogP contribution in [0.15, 0.2) is 30.3 Å². The summed E-state index contributed by atoms with van der Waals surface area (Å²) in [5.74, 6) is 1.78. The van der Waals surface area contributed by atoms with Gasteiger partial charge in [0, 0.05) is 31.4 Å². The first-order valence-electron chi connectivity index (χ1n) is 8.11. The van der Waals surface area contributed by atoms with Gasteiger partial charge in [-0.25, -0.2) is 4.98 Å². The lowest BCUT2D eigenvalue weighted by Crippen LogP contribution is -2.31. The van der Waals surface area contributed by atoms with Crippen LogP contribution in [0.1, 0.15) is 36.1 Å². The number of nitrogens with one attached hydrogen (secondary N) is 1. The number of benzene rings is 1. The maximum Gasteiger partial charge on any atom is 0.227 e. The summed E-state index contributed by atoms with van der Waals surface area (Å²) in [6.07, 6.45) is 3.80. The maximum atomic E-state index is 4.70. The second-order valence-corrected chi connectivity index (χ2v) is 6.08. The average Bonchev–Trinajstić information content (AvgIpc) is 2.53. The molecule has 116 valence electrons. The van der Waals surface area contributed by atoms with Gasteiger partial charge >= 0.3 is 0 Å². The van der Waals surface area contributed by atoms with Crippen molar-refractivity contribution >= 4 is 11.8 Å². The SMILES string of the molecule is Cc1cccc(CNc2cc(C)nc(N3CCCCC3)n2)c1. The van der Waals surface area contributed by atoms with Crippen molar-refractivity contribution in [1.29, 1.82) is 0 Å². The van der Waals surface area contributed by atoms with Gasteiger partial charge < -0.3 is 10.2 Å². The first-order valence-corrected chi connectivity index (χ1v) is 8.11. The molecule has 3 rings (SSSR count). The Balaban J connectivity index is 1.71. The highest BCUT2D eigenvalue weighted by atomic mass is 15.3. The van der Waals surface area contributed by atoms with Crippen LogP contribution < -0.4 is 10.2 Å². The second kappa shape index (κ2) is 6.77. The summed E-state index contributed by atoms with van der Waals surface area (Å²) in [7, 11) is 0. The van der Waals surface area contributed by atoms with Gasteiger partial charge in [0.1, 0.15) is 5.82 Å². The molecule has 0 bridgehead atoms. The fourth-order valence-electron chi connectivity index (χ4n) is 2.89. The summed E-state index contributed by atoms with van der Waals surface area (Å²) < 4.78 is 0. The molecule has 1 aliphatic heterocycles. The maximum absolute atomic E-state index is 4.70. The topological polar surface area (TPSA) is 41.1 Å². The molecule has 1 aliphatic rings. The summed E-state index contributed by atoms with van der Waals surface area (Å²) in [4.78, 5) is 11.6. The number of rotatable bonds is 4. The fourth-order valence-corrected chi connectivity index (χ4v) is 2.89. The molecule has 0 radical (unpaired) electrons. The first kappa shape index (κ1) is 14.8. The Labute approximate surface area is 132 Å². The smallest absolute Gasteiger partial charge is 0.227 e. The lowest BCUT2D eigenvalue weighted by atomic mass is 10.1. The Kier molecular flexibility index (Phi) is 4.56. The zero-order chi connectivity index (χ0) is 15.4. The van der Waals surface area contributed by atoms with Crippen molar-refractivity contribution < 1.29 is 0 Å². The van der Waals surface area contributed by atoms with Crippen molar-refractivity contribution in [2.24, 2.45) is 0 Å². The van der Waals surface area contributed by atoms with Crippen LogP contribution in [0.5, 0.6) is 0 Å². The normalized spacial score (nSPS) is 14.9. The van der Waals surface area contributed by atoms with Crippen molar-refractivity contribution in [3.63, 3.8) is 0 Å². The summed E-state index contributed by atoms with van der Waals surface area (Å²) in [6.45, 7) is 7.08. The van der Waals surface area contributed by atoms with Crippen molar-refractivity contribution in [2.75, 3.05) is 23.3 Å². The van der Waals surface area contributed by atoms with E-state index < -0.39 is 0 Å². The highest BCUT2D eigenvalue weighted by Gasteiger charge is 2.14. The number of aromatic nitrogens is 2. The molecule has 0 saturated carbocycles. The van der Waals surface area contributed by atoms with E-state index in [1.54, 1.807) is 0 Å². The van der Waals surface area contributed by atoms with E-state index in [9.17, 15) is 0 Å². The highest BCUT2D eigenvalue weighted by Crippen LogP contribution is 2.19. The van der Waals surface area contributed by atoms with Crippen LogP contribution in [0, 0.1) is 13.8 Å². The minimum Gasteiger partial charge on any atom is -0.366 e. The van der Waals surface area contributed by atoms with Crippen LogP contribution in [-0.4, -0.2) is 23.1 Å². The van der Waals surface area contributed by atoms with Gasteiger partial charge in [-0.1, -0.05) is 29.8 Å². The molecule has 4 nitrogen and oxygen atoms in total. The molecule has 2 heterocycles. The summed E-state index contributed by atoms with van der Waals surface area (Å²) in [5.41, 5.74) is 3.57. The molecule has 0 aliphatic carbocycles. The van der Waals surface area contributed by atoms with Crippen molar-refractivity contribution in [1.82, 2.24) is 9.97 Å². The van der Waals surface area contributed by atoms with Gasteiger partial charge in [0.05, 0.1) is 0 Å². The van der Waals surface area contributed by atoms with Gasteiger partial charge in [-0.15, -0.1) is 0 Å². The van der Waals surface area contributed by atoms with E-state index >= 15 is 0 Å². The Morgan fingerprint density at radius 2 is 1.86 bits per heavy atom. The molecule has 0 unspecified atom stereocenters. The number of piperidine rings is 1. The largest absolute Gasteiger partial charge is 0.366 e. The quantitative estimate of drug-likeness (QED) is 0.934. The summed E-state index contributed by atoms with van der Waals surface area (Å²) >= 11 is 0. The van der Waals surface area contributed by atoms with Crippen LogP contribution in [0.2, 0.25) is 0 Å². The molecule has 2 aromatic rings. The van der Waals surface area contributed by atoms with Crippen LogP contribution in [-0.2, 0) is 6.54 Å². The van der Waals surface area contributed by atoms with Crippen molar-refractivity contribution in [2.45, 2.75) is 39.7 Å². The van der Waals surface area contributed by atoms with E-state index in [2.05, 4.69) is 46.4 Å². The number of hydrogen-bond acceptors (Lipinski definition) is 4. The van der Waals surface area contributed by atoms with E-state index in [0.717, 1.165) is 37.1 Å². The molecule has 0 spiro atoms. The van der Waals surface area contributed by atoms with Crippen LogP contribution in [0.3, 0.4) is 0 Å². The summed E-state index contributed by atoms with van der Waals surface area (Å²) in [5, 5.41) is 3.43. The zero-order valence-corrected chi connectivity index (χ0v) is 13.5. The van der Waals surface area contributed by atoms with E-state index in [-0.39, 0.29) is 0 Å². The van der Waals surface area contributed by atoms with Crippen molar-refractivity contribution in [3.8, 4) is 0 Å². The predicted molar refractivity (Wildman–Crippen MR) is 91.3 cm³/mol. The fraction of sp³-hybridized carbons (Fsp3) is 0.444. The zero-order valence-electron chi connectivity index (χ0n) is 13.5. The third-order valence-corrected chi connectivity index (χ3v) is 4.04. The van der Waals surface area contributed by atoms with E-state index in [1.807, 2.05) is 13.0 Å². The number of aryl methyl sites for hydroxylation is 2. The van der Waals surface area contributed by atoms with Crippen molar-refractivity contribution in [3.05, 3.63) is 47.2 Å². The van der Waals surface area contributed by atoms with Gasteiger partial charge in [-0.2, -0.15) is 4.98 Å². The van der Waals surface area contributed by atoms with E-state index in [4.69, 9.17) is 4.98 Å². The molecule has 0 amide bonds. The molecule has 4 heteroatoms. The summed E-state index contributed by atoms with van der Waals surface area (Å²) in [6, 6.07) is 10.6. The van der Waals surface area contributed by atoms with Gasteiger partial charge in [-0.3, -0.25) is 0 Å². The average molecular weight is 296 g/mol. The standard InChI is InChI=1S/C18H24N4/c1-14-7-6-8-16(11-14)13-19-17-12-15(2)20-18(21-17)22-9-4-3-5-10-22/h6-8,11-12H,3-5,9-10,13H2,1-2H3,(H,19,20,21). The third kappa shape index (κ3) is 3.75. The molecular weight excluding hydrogens is 272 g/mol. The highest BCUT2D eigenvalue weighted by molar-refractivity contribution is 5.44. The first-order chi connectivity index (χ1) is 10.7. The minimum atomic E-state index is 0.789. The molecule has 1 aromatic heterocycles. The number of hydrogen-bond donors (Lipinski definition) is 1. The lowest BCUT2D eigenvalue weighted by molar-refractivity contribution is 0.568. The number of nitrogens with zero attached hydrogens (tertiary/aromatic N) is 3. The monoisotopic (exact) mass is 296 g/mol. The molecule has 1 N–H and O–H groups in total. The number of anilines is 2. The molecule has 1 saturated heterocycles. The Morgan fingerprint density at radius 3 is 2.64 bits per heavy atom. The predicted octanol–water partition coefficient (Wildman–Crippen LogP) is 3.70. The van der Waals surface area contributed by atoms with Crippen LogP contribution >= 0.6 is 0 Å². The molecule has 1 fully saturated rings. The molecule has 0 atom stereocenters. The lowest BCUT2D eigenvalue weighted by Gasteiger charge is -2.27. The van der Waals surface area contributed by atoms with Gasteiger partial charge in [0.2, 0.25) is 5.95 Å². The second-order valence-electron chi connectivity index (χ2n) is 6.08. The Hall–Kier alpha value is -2.10. The minimum absolute atomic E-state index is 0.789. The van der Waals surface area contributed by atoms with E-state index in [0.29, 0.717) is 0 Å². The van der Waals surface area contributed by atoms with E-state index in [1.165, 1.54) is 30.4 Å². The van der Waals surface area contributed by atoms with Crippen LogP contribution in [0.4, 0.5) is 11.8 Å². The molecule has 22 heavy (non-hydrogen) atoms. The van der Waals surface area contributed by atoms with Gasteiger partial charge in [0.25, 0.3) is 0 Å². The Morgan fingerprint density at radius 1 is 1.05 bits per heavy atom. The Bertz CT molecular complexity index is 633. The third-order valence-electron chi connectivity index (χ3n) is 4.04. The molecule has 1 aromatic carbocycles. The van der Waals surface area contributed by atoms with Gasteiger partial charge in [-0.05, 0) is 38.7 Å². The van der Waals surface area contributed by atoms with Crippen LogP contribution in [0.25, 0.3) is 0 Å². The van der Waals surface area contributed by atoms with Gasteiger partial charge in [0.15, 0.2) is 0 Å².